The highest BCUT2D eigenvalue weighted by Crippen LogP contribution is 2.22. The Hall–Kier alpha value is -0.570. The van der Waals surface area contributed by atoms with E-state index >= 15 is 0 Å². The van der Waals surface area contributed by atoms with Gasteiger partial charge in [0.1, 0.15) is 0 Å². The largest absolute Gasteiger partial charge is 0.326 e. The minimum atomic E-state index is 0.0555. The van der Waals surface area contributed by atoms with Crippen LogP contribution in [-0.4, -0.2) is 29.6 Å². The first kappa shape index (κ1) is 13.5. The molecule has 3 heteroatoms. The van der Waals surface area contributed by atoms with Crippen molar-refractivity contribution < 1.29 is 4.79 Å². The third-order valence-electron chi connectivity index (χ3n) is 3.17. The van der Waals surface area contributed by atoms with Crippen molar-refractivity contribution >= 4 is 5.91 Å². The van der Waals surface area contributed by atoms with Crippen LogP contribution in [0.5, 0.6) is 0 Å². The van der Waals surface area contributed by atoms with Gasteiger partial charge in [0.15, 0.2) is 0 Å². The van der Waals surface area contributed by atoms with Gasteiger partial charge in [0.25, 0.3) is 0 Å². The molecule has 1 amide bonds. The number of carbonyl (C=O) groups is 1. The number of carbonyl (C=O) groups excluding carboxylic acids is 1. The lowest BCUT2D eigenvalue weighted by molar-refractivity contribution is -0.130. The number of rotatable bonds is 4. The standard InChI is InChI=1S/C13H26N2O/c1-6-7-11-12(16)15(10(2)14-11)9-8-13(3,4)5/h10-11,14H,6-9H2,1-5H3. The van der Waals surface area contributed by atoms with E-state index in [0.29, 0.717) is 11.3 Å². The molecule has 94 valence electrons. The maximum Gasteiger partial charge on any atom is 0.241 e. The van der Waals surface area contributed by atoms with E-state index in [4.69, 9.17) is 0 Å². The highest BCUT2D eigenvalue weighted by molar-refractivity contribution is 5.84. The summed E-state index contributed by atoms with van der Waals surface area (Å²) in [5, 5.41) is 3.37. The molecular weight excluding hydrogens is 200 g/mol. The van der Waals surface area contributed by atoms with Gasteiger partial charge in [0.2, 0.25) is 5.91 Å². The van der Waals surface area contributed by atoms with Crippen molar-refractivity contribution in [3.63, 3.8) is 0 Å². The fraction of sp³-hybridized carbons (Fsp3) is 0.923. The fourth-order valence-corrected chi connectivity index (χ4v) is 2.10. The molecular formula is C13H26N2O. The van der Waals surface area contributed by atoms with Crippen molar-refractivity contribution in [2.45, 2.75) is 66.1 Å². The van der Waals surface area contributed by atoms with E-state index in [0.717, 1.165) is 25.8 Å². The van der Waals surface area contributed by atoms with Crippen LogP contribution in [-0.2, 0) is 4.79 Å². The lowest BCUT2D eigenvalue weighted by atomic mass is 9.92. The number of hydrogen-bond acceptors (Lipinski definition) is 2. The van der Waals surface area contributed by atoms with Gasteiger partial charge in [0, 0.05) is 6.54 Å². The zero-order chi connectivity index (χ0) is 12.3. The first-order valence-electron chi connectivity index (χ1n) is 6.41. The maximum atomic E-state index is 12.1. The molecule has 1 N–H and O–H groups in total. The SMILES string of the molecule is CCCC1NC(C)N(CCC(C)(C)C)C1=O. The lowest BCUT2D eigenvalue weighted by Crippen LogP contribution is -2.36. The lowest BCUT2D eigenvalue weighted by Gasteiger charge is -2.26. The van der Waals surface area contributed by atoms with Crippen molar-refractivity contribution in [2.75, 3.05) is 6.54 Å². The van der Waals surface area contributed by atoms with Crippen molar-refractivity contribution in [3.05, 3.63) is 0 Å². The molecule has 2 atom stereocenters. The topological polar surface area (TPSA) is 32.3 Å². The van der Waals surface area contributed by atoms with Crippen LogP contribution < -0.4 is 5.32 Å². The number of nitrogens with one attached hydrogen (secondary N) is 1. The molecule has 16 heavy (non-hydrogen) atoms. The summed E-state index contributed by atoms with van der Waals surface area (Å²) in [5.41, 5.74) is 0.294. The van der Waals surface area contributed by atoms with Crippen molar-refractivity contribution in [1.82, 2.24) is 10.2 Å². The van der Waals surface area contributed by atoms with Crippen LogP contribution in [0.15, 0.2) is 0 Å². The van der Waals surface area contributed by atoms with E-state index in [1.165, 1.54) is 0 Å². The molecule has 0 spiro atoms. The van der Waals surface area contributed by atoms with E-state index in [1.807, 2.05) is 4.90 Å². The van der Waals surface area contributed by atoms with Gasteiger partial charge in [-0.25, -0.2) is 0 Å². The second-order valence-electron chi connectivity index (χ2n) is 6.03. The Kier molecular flexibility index (Phi) is 4.36. The molecule has 1 fully saturated rings. The third-order valence-corrected chi connectivity index (χ3v) is 3.17. The Balaban J connectivity index is 2.51. The van der Waals surface area contributed by atoms with Crippen molar-refractivity contribution in [3.8, 4) is 0 Å². The second kappa shape index (κ2) is 5.17. The van der Waals surface area contributed by atoms with Gasteiger partial charge in [-0.15, -0.1) is 0 Å². The first-order valence-corrected chi connectivity index (χ1v) is 6.41. The molecule has 2 unspecified atom stereocenters. The normalized spacial score (nSPS) is 26.6. The summed E-state index contributed by atoms with van der Waals surface area (Å²) in [6.07, 6.45) is 3.27. The number of hydrogen-bond donors (Lipinski definition) is 1. The molecule has 3 nitrogen and oxygen atoms in total. The van der Waals surface area contributed by atoms with E-state index in [2.05, 4.69) is 39.9 Å². The third kappa shape index (κ3) is 3.48. The van der Waals surface area contributed by atoms with E-state index in [9.17, 15) is 4.79 Å². The Morgan fingerprint density at radius 1 is 1.38 bits per heavy atom. The minimum Gasteiger partial charge on any atom is -0.326 e. The predicted octanol–water partition coefficient (Wildman–Crippen LogP) is 2.37. The van der Waals surface area contributed by atoms with Gasteiger partial charge in [-0.1, -0.05) is 34.1 Å². The van der Waals surface area contributed by atoms with Crippen molar-refractivity contribution in [1.29, 1.82) is 0 Å². The van der Waals surface area contributed by atoms with Crippen LogP contribution in [0.3, 0.4) is 0 Å². The van der Waals surface area contributed by atoms with Crippen LogP contribution in [0.4, 0.5) is 0 Å². The van der Waals surface area contributed by atoms with Crippen LogP contribution in [0.1, 0.15) is 53.9 Å². The summed E-state index contributed by atoms with van der Waals surface area (Å²) in [4.78, 5) is 14.1. The monoisotopic (exact) mass is 226 g/mol. The summed E-state index contributed by atoms with van der Waals surface area (Å²) in [7, 11) is 0. The molecule has 1 aliphatic rings. The maximum absolute atomic E-state index is 12.1. The zero-order valence-electron chi connectivity index (χ0n) is 11.3. The molecule has 0 saturated carbocycles. The number of nitrogens with zero attached hydrogens (tertiary/aromatic N) is 1. The Labute approximate surface area is 99.6 Å². The highest BCUT2D eigenvalue weighted by atomic mass is 16.2. The molecule has 1 heterocycles. The minimum absolute atomic E-state index is 0.0555. The second-order valence-corrected chi connectivity index (χ2v) is 6.03. The molecule has 0 bridgehead atoms. The van der Waals surface area contributed by atoms with Gasteiger partial charge in [-0.2, -0.15) is 0 Å². The zero-order valence-corrected chi connectivity index (χ0v) is 11.3. The summed E-state index contributed by atoms with van der Waals surface area (Å²) in [6.45, 7) is 11.7. The molecule has 1 rings (SSSR count). The van der Waals surface area contributed by atoms with Gasteiger partial charge in [-0.05, 0) is 25.2 Å². The fourth-order valence-electron chi connectivity index (χ4n) is 2.10. The van der Waals surface area contributed by atoms with Crippen molar-refractivity contribution in [2.24, 2.45) is 5.41 Å². The van der Waals surface area contributed by atoms with Crippen LogP contribution in [0.2, 0.25) is 0 Å². The molecule has 0 aliphatic carbocycles. The Bertz CT molecular complexity index is 245. The smallest absolute Gasteiger partial charge is 0.241 e. The summed E-state index contributed by atoms with van der Waals surface area (Å²) < 4.78 is 0. The predicted molar refractivity (Wildman–Crippen MR) is 67.1 cm³/mol. The average Bonchev–Trinajstić information content (AvgIpc) is 2.39. The molecule has 0 aromatic carbocycles. The summed E-state index contributed by atoms with van der Waals surface area (Å²) in [6, 6.07) is 0.0555. The van der Waals surface area contributed by atoms with Gasteiger partial charge in [0.05, 0.1) is 12.2 Å². The van der Waals surface area contributed by atoms with Gasteiger partial charge < -0.3 is 4.90 Å². The Morgan fingerprint density at radius 3 is 2.50 bits per heavy atom. The van der Waals surface area contributed by atoms with Gasteiger partial charge >= 0.3 is 0 Å². The van der Waals surface area contributed by atoms with E-state index < -0.39 is 0 Å². The average molecular weight is 226 g/mol. The molecule has 0 aromatic heterocycles. The summed E-state index contributed by atoms with van der Waals surface area (Å²) in [5.74, 6) is 0.290. The van der Waals surface area contributed by atoms with Crippen LogP contribution in [0.25, 0.3) is 0 Å². The van der Waals surface area contributed by atoms with E-state index in [1.54, 1.807) is 0 Å². The molecule has 0 radical (unpaired) electrons. The van der Waals surface area contributed by atoms with E-state index in [-0.39, 0.29) is 12.2 Å². The Morgan fingerprint density at radius 2 is 2.00 bits per heavy atom. The molecule has 1 saturated heterocycles. The molecule has 1 aliphatic heterocycles. The van der Waals surface area contributed by atoms with Crippen LogP contribution >= 0.6 is 0 Å². The van der Waals surface area contributed by atoms with Crippen LogP contribution in [0, 0.1) is 5.41 Å². The highest BCUT2D eigenvalue weighted by Gasteiger charge is 2.35. The molecule has 0 aromatic rings. The number of amides is 1. The van der Waals surface area contributed by atoms with Gasteiger partial charge in [-0.3, -0.25) is 10.1 Å². The quantitative estimate of drug-likeness (QED) is 0.798. The first-order chi connectivity index (χ1) is 7.35. The summed E-state index contributed by atoms with van der Waals surface area (Å²) >= 11 is 0.